The molecule has 1 spiro atoms. The molecule has 2 aromatic heterocycles. The van der Waals surface area contributed by atoms with Crippen LogP contribution in [0, 0.1) is 0 Å². The smallest absolute Gasteiger partial charge is 0.160 e. The zero-order valence-electron chi connectivity index (χ0n) is 28.1. The molecule has 11 rings (SSSR count). The van der Waals surface area contributed by atoms with Crippen molar-refractivity contribution < 1.29 is 4.42 Å². The lowest BCUT2D eigenvalue weighted by molar-refractivity contribution is 0.628. The molecule has 2 heterocycles. The molecule has 3 heteroatoms. The van der Waals surface area contributed by atoms with E-state index >= 15 is 0 Å². The summed E-state index contributed by atoms with van der Waals surface area (Å²) in [4.78, 5) is 10.6. The van der Waals surface area contributed by atoms with E-state index in [4.69, 9.17) is 14.4 Å². The average molecular weight is 663 g/mol. The van der Waals surface area contributed by atoms with Crippen LogP contribution in [0.3, 0.4) is 0 Å². The van der Waals surface area contributed by atoms with Crippen molar-refractivity contribution in [2.45, 2.75) is 5.41 Å². The first-order valence-electron chi connectivity index (χ1n) is 17.7. The van der Waals surface area contributed by atoms with E-state index in [9.17, 15) is 0 Å². The standard InChI is InChI=1S/C49H30N2O/c1-3-14-31(15-4-1)33-18-13-19-34(28-33)44-30-43(32-16-5-2-6-17-32)50-48(51-44)35-26-27-37-36-20-7-10-23-40(36)49(42(37)29-35)41-24-11-8-21-38(41)47-46(49)39-22-9-12-25-45(39)52-47/h1-30H. The van der Waals surface area contributed by atoms with Crippen molar-refractivity contribution in [1.82, 2.24) is 9.97 Å². The quantitative estimate of drug-likeness (QED) is 0.188. The van der Waals surface area contributed by atoms with Crippen LogP contribution < -0.4 is 0 Å². The van der Waals surface area contributed by atoms with Gasteiger partial charge in [-0.05, 0) is 63.2 Å². The highest BCUT2D eigenvalue weighted by atomic mass is 16.3. The van der Waals surface area contributed by atoms with E-state index in [2.05, 4.69) is 176 Å². The predicted octanol–water partition coefficient (Wildman–Crippen LogP) is 12.2. The molecule has 3 nitrogen and oxygen atoms in total. The first-order chi connectivity index (χ1) is 25.8. The van der Waals surface area contributed by atoms with E-state index in [1.54, 1.807) is 0 Å². The van der Waals surface area contributed by atoms with Gasteiger partial charge >= 0.3 is 0 Å². The zero-order valence-corrected chi connectivity index (χ0v) is 28.1. The number of furan rings is 1. The van der Waals surface area contributed by atoms with E-state index in [1.807, 2.05) is 6.07 Å². The minimum Gasteiger partial charge on any atom is -0.456 e. The normalized spacial score (nSPS) is 15.0. The number of hydrogen-bond donors (Lipinski definition) is 0. The van der Waals surface area contributed by atoms with Crippen molar-refractivity contribution in [3.8, 4) is 67.5 Å². The molecule has 1 unspecified atom stereocenters. The van der Waals surface area contributed by atoms with E-state index in [-0.39, 0.29) is 0 Å². The van der Waals surface area contributed by atoms with Gasteiger partial charge in [0.1, 0.15) is 11.3 Å². The number of rotatable bonds is 4. The lowest BCUT2D eigenvalue weighted by atomic mass is 9.70. The van der Waals surface area contributed by atoms with E-state index < -0.39 is 5.41 Å². The summed E-state index contributed by atoms with van der Waals surface area (Å²) in [5.74, 6) is 1.65. The summed E-state index contributed by atoms with van der Waals surface area (Å²) in [5, 5.41) is 1.14. The fourth-order valence-electron chi connectivity index (χ4n) is 8.70. The lowest BCUT2D eigenvalue weighted by Crippen LogP contribution is -2.25. The first kappa shape index (κ1) is 28.9. The highest BCUT2D eigenvalue weighted by Gasteiger charge is 2.54. The molecule has 9 aromatic rings. The Morgan fingerprint density at radius 3 is 1.79 bits per heavy atom. The van der Waals surface area contributed by atoms with Crippen LogP contribution in [0.5, 0.6) is 0 Å². The molecule has 0 aliphatic heterocycles. The molecular formula is C49H30N2O. The van der Waals surface area contributed by atoms with Gasteiger partial charge in [0, 0.05) is 33.2 Å². The number of nitrogens with zero attached hydrogens (tertiary/aromatic N) is 2. The number of aromatic nitrogens is 2. The van der Waals surface area contributed by atoms with Crippen LogP contribution in [-0.2, 0) is 5.41 Å². The maximum Gasteiger partial charge on any atom is 0.160 e. The van der Waals surface area contributed by atoms with Crippen molar-refractivity contribution >= 4 is 11.0 Å². The second-order valence-electron chi connectivity index (χ2n) is 13.7. The van der Waals surface area contributed by atoms with Gasteiger partial charge < -0.3 is 4.42 Å². The van der Waals surface area contributed by atoms with Gasteiger partial charge in [0.15, 0.2) is 5.82 Å². The SMILES string of the molecule is c1ccc(-c2cccc(-c3cc(-c4ccccc4)nc(-c4ccc5c(c4)C4(c6ccccc6-5)c5ccccc5-c5oc6ccccc6c54)n3)c2)cc1. The van der Waals surface area contributed by atoms with Crippen LogP contribution in [0.1, 0.15) is 22.3 Å². The fraction of sp³-hybridized carbons (Fsp3) is 0.0204. The van der Waals surface area contributed by atoms with Gasteiger partial charge in [0.25, 0.3) is 0 Å². The number of fused-ring (bicyclic) bond motifs is 12. The maximum atomic E-state index is 6.71. The molecule has 7 aromatic carbocycles. The van der Waals surface area contributed by atoms with Crippen molar-refractivity contribution in [3.63, 3.8) is 0 Å². The molecule has 0 bridgehead atoms. The Balaban J connectivity index is 1.17. The first-order valence-corrected chi connectivity index (χ1v) is 17.7. The molecular weight excluding hydrogens is 633 g/mol. The lowest BCUT2D eigenvalue weighted by Gasteiger charge is -2.30. The Hall–Kier alpha value is -6.84. The Morgan fingerprint density at radius 2 is 0.981 bits per heavy atom. The topological polar surface area (TPSA) is 38.9 Å². The van der Waals surface area contributed by atoms with E-state index in [0.717, 1.165) is 55.9 Å². The van der Waals surface area contributed by atoms with Crippen molar-refractivity contribution in [2.24, 2.45) is 0 Å². The molecule has 0 saturated heterocycles. The third-order valence-electron chi connectivity index (χ3n) is 10.9. The fourth-order valence-corrected chi connectivity index (χ4v) is 8.70. The molecule has 1 atom stereocenters. The number of para-hydroxylation sites is 1. The molecule has 0 N–H and O–H groups in total. The molecule has 0 fully saturated rings. The van der Waals surface area contributed by atoms with Gasteiger partial charge in [0.05, 0.1) is 16.8 Å². The van der Waals surface area contributed by atoms with E-state index in [1.165, 1.54) is 38.9 Å². The summed E-state index contributed by atoms with van der Waals surface area (Å²) in [6.45, 7) is 0. The molecule has 0 saturated carbocycles. The van der Waals surface area contributed by atoms with Gasteiger partial charge in [-0.2, -0.15) is 0 Å². The van der Waals surface area contributed by atoms with Crippen LogP contribution in [0.15, 0.2) is 186 Å². The summed E-state index contributed by atoms with van der Waals surface area (Å²) >= 11 is 0. The molecule has 0 radical (unpaired) electrons. The van der Waals surface area contributed by atoms with Crippen LogP contribution >= 0.6 is 0 Å². The second kappa shape index (κ2) is 11.1. The average Bonchev–Trinajstić information content (AvgIpc) is 3.85. The molecule has 0 amide bonds. The van der Waals surface area contributed by atoms with Crippen LogP contribution in [-0.4, -0.2) is 9.97 Å². The largest absolute Gasteiger partial charge is 0.456 e. The third kappa shape index (κ3) is 4.08. The summed E-state index contributed by atoms with van der Waals surface area (Å²) < 4.78 is 6.71. The Bertz CT molecular complexity index is 2850. The number of hydrogen-bond acceptors (Lipinski definition) is 3. The Labute approximate surface area is 301 Å². The van der Waals surface area contributed by atoms with Gasteiger partial charge in [-0.3, -0.25) is 0 Å². The molecule has 2 aliphatic carbocycles. The van der Waals surface area contributed by atoms with Gasteiger partial charge in [-0.15, -0.1) is 0 Å². The molecule has 2 aliphatic rings. The van der Waals surface area contributed by atoms with Gasteiger partial charge in [-0.25, -0.2) is 9.97 Å². The maximum absolute atomic E-state index is 6.71. The van der Waals surface area contributed by atoms with Crippen molar-refractivity contribution in [2.75, 3.05) is 0 Å². The Kier molecular flexibility index (Phi) is 6.17. The summed E-state index contributed by atoms with van der Waals surface area (Å²) in [5.41, 5.74) is 16.1. The van der Waals surface area contributed by atoms with Gasteiger partial charge in [0.2, 0.25) is 0 Å². The van der Waals surface area contributed by atoms with Crippen LogP contribution in [0.2, 0.25) is 0 Å². The van der Waals surface area contributed by atoms with Crippen molar-refractivity contribution in [3.05, 3.63) is 204 Å². The molecule has 52 heavy (non-hydrogen) atoms. The van der Waals surface area contributed by atoms with Gasteiger partial charge in [-0.1, -0.05) is 158 Å². The monoisotopic (exact) mass is 662 g/mol. The highest BCUT2D eigenvalue weighted by molar-refractivity contribution is 6.02. The highest BCUT2D eigenvalue weighted by Crippen LogP contribution is 2.65. The summed E-state index contributed by atoms with van der Waals surface area (Å²) in [6.07, 6.45) is 0. The number of benzene rings is 7. The third-order valence-corrected chi connectivity index (χ3v) is 10.9. The van der Waals surface area contributed by atoms with E-state index in [0.29, 0.717) is 5.82 Å². The Morgan fingerprint density at radius 1 is 0.385 bits per heavy atom. The predicted molar refractivity (Wildman–Crippen MR) is 210 cm³/mol. The van der Waals surface area contributed by atoms with Crippen LogP contribution in [0.25, 0.3) is 78.4 Å². The van der Waals surface area contributed by atoms with Crippen LogP contribution in [0.4, 0.5) is 0 Å². The second-order valence-corrected chi connectivity index (χ2v) is 13.7. The zero-order chi connectivity index (χ0) is 34.2. The minimum atomic E-state index is -0.551. The van der Waals surface area contributed by atoms with Crippen molar-refractivity contribution in [1.29, 1.82) is 0 Å². The molecule has 242 valence electrons. The summed E-state index contributed by atoms with van der Waals surface area (Å²) in [7, 11) is 0. The summed E-state index contributed by atoms with van der Waals surface area (Å²) in [6, 6.07) is 64.6. The minimum absolute atomic E-state index is 0.551.